The van der Waals surface area contributed by atoms with E-state index in [1.807, 2.05) is 0 Å². The molecule has 0 atom stereocenters. The third-order valence-electron chi connectivity index (χ3n) is 9.42. The van der Waals surface area contributed by atoms with Crippen LogP contribution < -0.4 is 0 Å². The van der Waals surface area contributed by atoms with Crippen molar-refractivity contribution in [2.24, 2.45) is 0 Å². The molecular formula is C46H78. The fourth-order valence-corrected chi connectivity index (χ4v) is 6.49. The second kappa shape index (κ2) is 33.1. The van der Waals surface area contributed by atoms with Gasteiger partial charge in [-0.1, -0.05) is 140 Å². The van der Waals surface area contributed by atoms with Crippen LogP contribution in [-0.2, 0) is 25.7 Å². The van der Waals surface area contributed by atoms with Crippen molar-refractivity contribution in [1.82, 2.24) is 0 Å². The zero-order valence-corrected chi connectivity index (χ0v) is 31.6. The molecule has 1 aromatic carbocycles. The van der Waals surface area contributed by atoms with Gasteiger partial charge in [0.25, 0.3) is 0 Å². The van der Waals surface area contributed by atoms with Crippen LogP contribution in [0.4, 0.5) is 0 Å². The molecule has 0 heteroatoms. The van der Waals surface area contributed by atoms with Gasteiger partial charge in [-0.3, -0.25) is 0 Å². The molecule has 0 spiro atoms. The number of allylic oxidation sites excluding steroid dienone is 8. The van der Waals surface area contributed by atoms with Gasteiger partial charge in [0.1, 0.15) is 0 Å². The highest BCUT2D eigenvalue weighted by atomic mass is 14.2. The summed E-state index contributed by atoms with van der Waals surface area (Å²) in [6.45, 7) is 9.18. The molecule has 46 heavy (non-hydrogen) atoms. The fraction of sp³-hybridized carbons (Fsp3) is 0.696. The molecule has 0 unspecified atom stereocenters. The van der Waals surface area contributed by atoms with Gasteiger partial charge in [-0.25, -0.2) is 0 Å². The molecule has 0 fully saturated rings. The topological polar surface area (TPSA) is 0 Å². The largest absolute Gasteiger partial charge is 0.0885 e. The summed E-state index contributed by atoms with van der Waals surface area (Å²) in [7, 11) is 0. The van der Waals surface area contributed by atoms with Crippen LogP contribution in [0.2, 0.25) is 0 Å². The molecule has 0 aromatic heterocycles. The van der Waals surface area contributed by atoms with E-state index in [9.17, 15) is 0 Å². The zero-order valence-electron chi connectivity index (χ0n) is 31.6. The van der Waals surface area contributed by atoms with Crippen molar-refractivity contribution < 1.29 is 0 Å². The predicted molar refractivity (Wildman–Crippen MR) is 211 cm³/mol. The summed E-state index contributed by atoms with van der Waals surface area (Å²) in [4.78, 5) is 0. The van der Waals surface area contributed by atoms with Crippen LogP contribution >= 0.6 is 0 Å². The molecule has 0 heterocycles. The molecule has 0 aliphatic heterocycles. The van der Waals surface area contributed by atoms with Crippen molar-refractivity contribution >= 4 is 0 Å². The minimum Gasteiger partial charge on any atom is -0.0885 e. The Morgan fingerprint density at radius 1 is 0.304 bits per heavy atom. The van der Waals surface area contributed by atoms with Gasteiger partial charge in [0.05, 0.1) is 0 Å². The number of hydrogen-bond donors (Lipinski definition) is 0. The van der Waals surface area contributed by atoms with Crippen molar-refractivity contribution in [2.75, 3.05) is 0 Å². The van der Waals surface area contributed by atoms with E-state index in [0.29, 0.717) is 0 Å². The fourth-order valence-electron chi connectivity index (χ4n) is 6.49. The van der Waals surface area contributed by atoms with Gasteiger partial charge in [0.2, 0.25) is 0 Å². The van der Waals surface area contributed by atoms with E-state index in [0.717, 1.165) is 0 Å². The molecule has 0 saturated carbocycles. The Bertz CT molecular complexity index is 835. The van der Waals surface area contributed by atoms with Gasteiger partial charge in [0.15, 0.2) is 0 Å². The maximum atomic E-state index is 2.54. The van der Waals surface area contributed by atoms with E-state index in [4.69, 9.17) is 0 Å². The number of hydrogen-bond acceptors (Lipinski definition) is 0. The van der Waals surface area contributed by atoms with E-state index < -0.39 is 0 Å². The Morgan fingerprint density at radius 3 is 0.804 bits per heavy atom. The highest BCUT2D eigenvalue weighted by Crippen LogP contribution is 2.27. The number of benzene rings is 1. The van der Waals surface area contributed by atoms with Gasteiger partial charge in [-0.15, -0.1) is 0 Å². The molecule has 1 aromatic rings. The van der Waals surface area contributed by atoms with E-state index >= 15 is 0 Å². The molecule has 0 aliphatic carbocycles. The van der Waals surface area contributed by atoms with E-state index in [-0.39, 0.29) is 0 Å². The lowest BCUT2D eigenvalue weighted by Crippen LogP contribution is -2.06. The predicted octanol–water partition coefficient (Wildman–Crippen LogP) is 15.5. The average Bonchev–Trinajstić information content (AvgIpc) is 3.07. The first-order valence-electron chi connectivity index (χ1n) is 20.5. The Hall–Kier alpha value is -1.82. The maximum Gasteiger partial charge on any atom is -0.0270 e. The molecule has 0 aliphatic rings. The molecule has 0 amide bonds. The third kappa shape index (κ3) is 23.5. The monoisotopic (exact) mass is 631 g/mol. The molecule has 262 valence electrons. The number of aryl methyl sites for hydroxylation is 2. The second-order valence-electron chi connectivity index (χ2n) is 13.8. The van der Waals surface area contributed by atoms with Crippen molar-refractivity contribution in [1.29, 1.82) is 0 Å². The van der Waals surface area contributed by atoms with Crippen molar-refractivity contribution in [3.05, 3.63) is 83.0 Å². The molecule has 0 saturated heterocycles. The number of unbranched alkanes of at least 4 members (excludes halogenated alkanes) is 16. The Kier molecular flexibility index (Phi) is 30.4. The van der Waals surface area contributed by atoms with E-state index in [1.54, 1.807) is 22.3 Å². The number of rotatable bonds is 32. The second-order valence-corrected chi connectivity index (χ2v) is 13.8. The standard InChI is InChI=1S/C46H78/c1-5-9-13-17-21-25-29-33-37-43-41-42-44(38-34-30-26-22-18-14-10-6-2)46(40-36-32-28-24-20-16-12-8-4)45(43)39-35-31-27-23-19-15-11-7-3/h21-28,41-42H,5-20,29-40H2,1-4H3/b25-21+,26-22+,27-23+,28-24+. The van der Waals surface area contributed by atoms with Crippen LogP contribution in [0.1, 0.15) is 204 Å². The first kappa shape index (κ1) is 42.2. The molecular weight excluding hydrogens is 553 g/mol. The third-order valence-corrected chi connectivity index (χ3v) is 9.42. The maximum absolute atomic E-state index is 2.54. The van der Waals surface area contributed by atoms with Gasteiger partial charge in [0, 0.05) is 0 Å². The minimum absolute atomic E-state index is 1.22. The quantitative estimate of drug-likeness (QED) is 0.0549. The summed E-state index contributed by atoms with van der Waals surface area (Å²) in [6, 6.07) is 5.07. The highest BCUT2D eigenvalue weighted by Gasteiger charge is 2.13. The Balaban J connectivity index is 3.00. The van der Waals surface area contributed by atoms with Crippen LogP contribution in [0.5, 0.6) is 0 Å². The van der Waals surface area contributed by atoms with Crippen LogP contribution in [-0.4, -0.2) is 0 Å². The molecule has 0 bridgehead atoms. The summed E-state index contributed by atoms with van der Waals surface area (Å²) in [6.07, 6.45) is 55.7. The minimum atomic E-state index is 1.22. The Morgan fingerprint density at radius 2 is 0.543 bits per heavy atom. The first-order chi connectivity index (χ1) is 22.8. The summed E-state index contributed by atoms with van der Waals surface area (Å²) in [5.74, 6) is 0. The Labute approximate surface area is 289 Å². The van der Waals surface area contributed by atoms with Crippen LogP contribution in [0, 0.1) is 0 Å². The molecule has 0 N–H and O–H groups in total. The van der Waals surface area contributed by atoms with E-state index in [1.165, 1.54) is 180 Å². The summed E-state index contributed by atoms with van der Waals surface area (Å²) in [5, 5.41) is 0. The lowest BCUT2D eigenvalue weighted by atomic mass is 9.86. The van der Waals surface area contributed by atoms with Gasteiger partial charge in [-0.05, 0) is 151 Å². The summed E-state index contributed by atoms with van der Waals surface area (Å²) >= 11 is 0. The molecule has 1 rings (SSSR count). The van der Waals surface area contributed by atoms with Crippen molar-refractivity contribution in [2.45, 2.75) is 207 Å². The van der Waals surface area contributed by atoms with E-state index in [2.05, 4.69) is 88.4 Å². The SMILES string of the molecule is CCCCC/C=C/CCCc1ccc(CCC/C=C/CCCCC)c(CCC/C=C/CCCCC)c1CCC/C=C/CCCCC. The lowest BCUT2D eigenvalue weighted by molar-refractivity contribution is 0.721. The smallest absolute Gasteiger partial charge is 0.0270 e. The molecule has 0 radical (unpaired) electrons. The van der Waals surface area contributed by atoms with Crippen LogP contribution in [0.15, 0.2) is 60.7 Å². The normalized spacial score (nSPS) is 12.3. The molecule has 0 nitrogen and oxygen atoms in total. The van der Waals surface area contributed by atoms with Gasteiger partial charge >= 0.3 is 0 Å². The zero-order chi connectivity index (χ0) is 33.2. The highest BCUT2D eigenvalue weighted by molar-refractivity contribution is 5.42. The summed E-state index contributed by atoms with van der Waals surface area (Å²) in [5.41, 5.74) is 6.75. The van der Waals surface area contributed by atoms with Crippen LogP contribution in [0.25, 0.3) is 0 Å². The van der Waals surface area contributed by atoms with Gasteiger partial charge < -0.3 is 0 Å². The van der Waals surface area contributed by atoms with Crippen molar-refractivity contribution in [3.8, 4) is 0 Å². The average molecular weight is 631 g/mol. The van der Waals surface area contributed by atoms with Crippen molar-refractivity contribution in [3.63, 3.8) is 0 Å². The lowest BCUT2D eigenvalue weighted by Gasteiger charge is -2.19. The van der Waals surface area contributed by atoms with Crippen LogP contribution in [0.3, 0.4) is 0 Å². The summed E-state index contributed by atoms with van der Waals surface area (Å²) < 4.78 is 0. The first-order valence-corrected chi connectivity index (χ1v) is 20.5. The van der Waals surface area contributed by atoms with Gasteiger partial charge in [-0.2, -0.15) is 0 Å².